The minimum absolute atomic E-state index is 0.156. The molecule has 1 aromatic heterocycles. The number of fused-ring (bicyclic) bond motifs is 4. The molecule has 0 radical (unpaired) electrons. The maximum absolute atomic E-state index is 13.3. The highest BCUT2D eigenvalue weighted by Crippen LogP contribution is 2.35. The van der Waals surface area contributed by atoms with Crippen LogP contribution in [0.3, 0.4) is 0 Å². The van der Waals surface area contributed by atoms with Gasteiger partial charge in [0.1, 0.15) is 11.5 Å². The Labute approximate surface area is 323 Å². The lowest BCUT2D eigenvalue weighted by molar-refractivity contribution is -0.384. The van der Waals surface area contributed by atoms with Crippen molar-refractivity contribution in [3.05, 3.63) is 147 Å². The molecule has 1 amide bonds. The van der Waals surface area contributed by atoms with Gasteiger partial charge in [0.25, 0.3) is 21.6 Å². The van der Waals surface area contributed by atoms with Crippen LogP contribution in [-0.4, -0.2) is 66.3 Å². The van der Waals surface area contributed by atoms with Gasteiger partial charge >= 0.3 is 0 Å². The van der Waals surface area contributed by atoms with E-state index < -0.39 is 26.5 Å². The van der Waals surface area contributed by atoms with Crippen molar-refractivity contribution in [2.24, 2.45) is 0 Å². The van der Waals surface area contributed by atoms with Gasteiger partial charge in [0, 0.05) is 67.5 Å². The number of nitrogens with zero attached hydrogens (tertiary/aromatic N) is 4. The van der Waals surface area contributed by atoms with Gasteiger partial charge in [-0.1, -0.05) is 60.1 Å². The van der Waals surface area contributed by atoms with E-state index in [4.69, 9.17) is 11.6 Å². The third-order valence-corrected chi connectivity index (χ3v) is 11.9. The molecule has 55 heavy (non-hydrogen) atoms. The van der Waals surface area contributed by atoms with E-state index in [-0.39, 0.29) is 16.1 Å². The number of para-hydroxylation sites is 2. The average Bonchev–Trinajstić information content (AvgIpc) is 3.61. The van der Waals surface area contributed by atoms with Crippen LogP contribution in [0.15, 0.2) is 114 Å². The van der Waals surface area contributed by atoms with Crippen molar-refractivity contribution >= 4 is 55.6 Å². The summed E-state index contributed by atoms with van der Waals surface area (Å²) in [7, 11) is -4.42. The Balaban J connectivity index is 0.902. The van der Waals surface area contributed by atoms with E-state index in [1.54, 1.807) is 12.1 Å². The quantitative estimate of drug-likeness (QED) is 0.0916. The van der Waals surface area contributed by atoms with E-state index in [9.17, 15) is 23.3 Å². The number of carbonyl (C=O) groups excluding carboxylic acids is 1. The zero-order valence-electron chi connectivity index (χ0n) is 29.7. The number of aromatic nitrogens is 2. The molecule has 3 heterocycles. The molecule has 12 nitrogen and oxygen atoms in total. The number of piperazine rings is 1. The standard InChI is InChI=1S/C41H38ClN7O5S/c42-31-13-9-27(10-14-31)34-6-2-1-5-30(34)25-47-21-22-48-32(26-47)15-11-28-23-29(12-18-38(28)48)41(50)46-55(53,54)33-16-17-37(39(24-33)49(51)52)43-20-19-40-44-35-7-3-4-8-36(35)45-40/h1-10,12-14,16-18,23-24,32,43H,11,15,19-22,25-26H2,(H,44,45)(H,46,50)/t32-/m0/s1. The van der Waals surface area contributed by atoms with E-state index in [2.05, 4.69) is 66.2 Å². The lowest BCUT2D eigenvalue weighted by atomic mass is 9.92. The van der Waals surface area contributed by atoms with Crippen molar-refractivity contribution in [2.75, 3.05) is 36.4 Å². The number of hydrogen-bond donors (Lipinski definition) is 3. The summed E-state index contributed by atoms with van der Waals surface area (Å²) >= 11 is 6.14. The number of anilines is 2. The summed E-state index contributed by atoms with van der Waals surface area (Å²) < 4.78 is 28.8. The normalized spacial score (nSPS) is 15.7. The third-order valence-electron chi connectivity index (χ3n) is 10.4. The lowest BCUT2D eigenvalue weighted by Gasteiger charge is -2.46. The van der Waals surface area contributed by atoms with Crippen LogP contribution in [0.2, 0.25) is 5.02 Å². The fraction of sp³-hybridized carbons (Fsp3) is 0.220. The number of hydrogen-bond acceptors (Lipinski definition) is 9. The van der Waals surface area contributed by atoms with Crippen molar-refractivity contribution in [3.8, 4) is 11.1 Å². The van der Waals surface area contributed by atoms with Gasteiger partial charge in [0.2, 0.25) is 0 Å². The molecule has 0 unspecified atom stereocenters. The molecule has 2 aliphatic heterocycles. The second-order valence-electron chi connectivity index (χ2n) is 13.9. The largest absolute Gasteiger partial charge is 0.379 e. The number of carbonyl (C=O) groups is 1. The summed E-state index contributed by atoms with van der Waals surface area (Å²) in [5.74, 6) is -0.0869. The zero-order chi connectivity index (χ0) is 38.1. The van der Waals surface area contributed by atoms with Crippen LogP contribution in [-0.2, 0) is 29.4 Å². The first-order chi connectivity index (χ1) is 26.6. The van der Waals surface area contributed by atoms with Crippen LogP contribution in [0.5, 0.6) is 0 Å². The molecule has 5 aromatic carbocycles. The monoisotopic (exact) mass is 775 g/mol. The van der Waals surface area contributed by atoms with Crippen molar-refractivity contribution in [1.29, 1.82) is 0 Å². The molecule has 6 aromatic rings. The van der Waals surface area contributed by atoms with Gasteiger partial charge in [-0.15, -0.1) is 0 Å². The summed E-state index contributed by atoms with van der Waals surface area (Å²) in [6.45, 7) is 3.74. The molecule has 0 aliphatic carbocycles. The Morgan fingerprint density at radius 3 is 2.58 bits per heavy atom. The van der Waals surface area contributed by atoms with Gasteiger partial charge < -0.3 is 15.2 Å². The highest BCUT2D eigenvalue weighted by molar-refractivity contribution is 7.90. The molecule has 1 saturated heterocycles. The number of imidazole rings is 1. The zero-order valence-corrected chi connectivity index (χ0v) is 31.3. The molecule has 14 heteroatoms. The number of aryl methyl sites for hydroxylation is 1. The van der Waals surface area contributed by atoms with Crippen molar-refractivity contribution in [2.45, 2.75) is 36.7 Å². The molecule has 8 rings (SSSR count). The Morgan fingerprint density at radius 1 is 0.964 bits per heavy atom. The topological polar surface area (TPSA) is 154 Å². The second-order valence-corrected chi connectivity index (χ2v) is 16.0. The smallest absolute Gasteiger partial charge is 0.293 e. The highest BCUT2D eigenvalue weighted by Gasteiger charge is 2.33. The molecular weight excluding hydrogens is 738 g/mol. The molecule has 0 spiro atoms. The first-order valence-electron chi connectivity index (χ1n) is 18.1. The minimum Gasteiger partial charge on any atom is -0.379 e. The Kier molecular flexibility index (Phi) is 9.99. The molecule has 2 aliphatic rings. The molecule has 0 bridgehead atoms. The second kappa shape index (κ2) is 15.2. The first kappa shape index (κ1) is 36.2. The Hall–Kier alpha value is -5.76. The van der Waals surface area contributed by atoms with Gasteiger partial charge in [-0.25, -0.2) is 18.1 Å². The number of nitro benzene ring substituents is 1. The number of H-pyrrole nitrogens is 1. The number of sulfonamides is 1. The average molecular weight is 776 g/mol. The fourth-order valence-corrected chi connectivity index (χ4v) is 8.75. The van der Waals surface area contributed by atoms with Gasteiger partial charge in [-0.3, -0.25) is 19.8 Å². The van der Waals surface area contributed by atoms with E-state index in [1.165, 1.54) is 23.3 Å². The van der Waals surface area contributed by atoms with Gasteiger partial charge in [-0.05, 0) is 89.7 Å². The summed E-state index contributed by atoms with van der Waals surface area (Å²) in [4.78, 5) is 36.9. The molecule has 1 atom stereocenters. The number of halogens is 1. The highest BCUT2D eigenvalue weighted by atomic mass is 35.5. The molecule has 3 N–H and O–H groups in total. The maximum Gasteiger partial charge on any atom is 0.293 e. The van der Waals surface area contributed by atoms with E-state index in [0.717, 1.165) is 72.9 Å². The molecule has 280 valence electrons. The summed E-state index contributed by atoms with van der Waals surface area (Å²) in [6.07, 6.45) is 2.10. The van der Waals surface area contributed by atoms with Crippen molar-refractivity contribution in [3.63, 3.8) is 0 Å². The van der Waals surface area contributed by atoms with Crippen LogP contribution >= 0.6 is 11.6 Å². The van der Waals surface area contributed by atoms with Crippen LogP contribution in [0.25, 0.3) is 22.2 Å². The van der Waals surface area contributed by atoms with Crippen LogP contribution in [0, 0.1) is 10.1 Å². The van der Waals surface area contributed by atoms with Crippen molar-refractivity contribution in [1.82, 2.24) is 19.6 Å². The van der Waals surface area contributed by atoms with E-state index in [0.29, 0.717) is 29.9 Å². The number of aromatic amines is 1. The maximum atomic E-state index is 13.3. The van der Waals surface area contributed by atoms with Crippen LogP contribution in [0.1, 0.15) is 33.7 Å². The minimum atomic E-state index is -4.42. The molecule has 0 saturated carbocycles. The predicted molar refractivity (Wildman–Crippen MR) is 214 cm³/mol. The number of nitrogens with one attached hydrogen (secondary N) is 3. The number of amides is 1. The summed E-state index contributed by atoms with van der Waals surface area (Å²) in [6, 6.07) is 33.1. The van der Waals surface area contributed by atoms with Crippen LogP contribution < -0.4 is 14.9 Å². The van der Waals surface area contributed by atoms with Crippen molar-refractivity contribution < 1.29 is 18.1 Å². The number of rotatable bonds is 11. The Morgan fingerprint density at radius 2 is 1.76 bits per heavy atom. The van der Waals surface area contributed by atoms with Gasteiger partial charge in [-0.2, -0.15) is 0 Å². The lowest BCUT2D eigenvalue weighted by Crippen LogP contribution is -2.54. The van der Waals surface area contributed by atoms with E-state index in [1.807, 2.05) is 42.5 Å². The van der Waals surface area contributed by atoms with Gasteiger partial charge in [0.15, 0.2) is 0 Å². The fourth-order valence-electron chi connectivity index (χ4n) is 7.63. The Bertz CT molecular complexity index is 2490. The summed E-state index contributed by atoms with van der Waals surface area (Å²) in [5.41, 5.74) is 7.28. The summed E-state index contributed by atoms with van der Waals surface area (Å²) in [5, 5.41) is 15.7. The SMILES string of the molecule is O=C(NS(=O)(=O)c1ccc(NCCc2nc3ccccc3[nH]2)c([N+](=O)[O-])c1)c1ccc2c(c1)CC[C@H]1CN(Cc3ccccc3-c3ccc(Cl)cc3)CCN21. The number of nitro groups is 1. The predicted octanol–water partition coefficient (Wildman–Crippen LogP) is 7.20. The van der Waals surface area contributed by atoms with Gasteiger partial charge in [0.05, 0.1) is 20.9 Å². The molecule has 1 fully saturated rings. The van der Waals surface area contributed by atoms with E-state index >= 15 is 0 Å². The van der Waals surface area contributed by atoms with Crippen LogP contribution in [0.4, 0.5) is 17.1 Å². The molecular formula is C41H38ClN7O5S. The first-order valence-corrected chi connectivity index (χ1v) is 20.0. The third kappa shape index (κ3) is 7.77. The number of benzene rings is 5.